The van der Waals surface area contributed by atoms with E-state index in [1.807, 2.05) is 0 Å². The summed E-state index contributed by atoms with van der Waals surface area (Å²) in [4.78, 5) is 11.5. The van der Waals surface area contributed by atoms with E-state index in [-0.39, 0.29) is 24.0 Å². The quantitative estimate of drug-likeness (QED) is 0.725. The molecule has 1 rings (SSSR count). The highest BCUT2D eigenvalue weighted by molar-refractivity contribution is 7.91. The lowest BCUT2D eigenvalue weighted by Gasteiger charge is -2.10. The molecule has 0 spiro atoms. The van der Waals surface area contributed by atoms with Gasteiger partial charge in [0.15, 0.2) is 9.84 Å². The molecule has 16 heavy (non-hydrogen) atoms. The lowest BCUT2D eigenvalue weighted by Crippen LogP contribution is -2.27. The molecule has 0 aromatic carbocycles. The highest BCUT2D eigenvalue weighted by Gasteiger charge is 2.30. The van der Waals surface area contributed by atoms with Gasteiger partial charge in [-0.05, 0) is 32.6 Å². The fraction of sp³-hybridized carbons (Fsp3) is 0.909. The summed E-state index contributed by atoms with van der Waals surface area (Å²) in [6, 6.07) is -0.0609. The maximum Gasteiger partial charge on any atom is 0.153 e. The number of ketones is 1. The highest BCUT2D eigenvalue weighted by Crippen LogP contribution is 2.32. The van der Waals surface area contributed by atoms with Crippen LogP contribution in [-0.2, 0) is 14.6 Å². The monoisotopic (exact) mass is 247 g/mol. The first kappa shape index (κ1) is 13.6. The zero-order valence-corrected chi connectivity index (χ0v) is 10.8. The van der Waals surface area contributed by atoms with Gasteiger partial charge in [-0.25, -0.2) is 8.42 Å². The fourth-order valence-electron chi connectivity index (χ4n) is 1.55. The Kier molecular flexibility index (Phi) is 4.50. The van der Waals surface area contributed by atoms with Gasteiger partial charge in [-0.2, -0.15) is 0 Å². The molecule has 0 amide bonds. The van der Waals surface area contributed by atoms with Crippen molar-refractivity contribution in [1.82, 2.24) is 0 Å². The summed E-state index contributed by atoms with van der Waals surface area (Å²) in [6.07, 6.45) is 2.66. The first-order valence-corrected chi connectivity index (χ1v) is 7.53. The average molecular weight is 247 g/mol. The van der Waals surface area contributed by atoms with Crippen molar-refractivity contribution in [2.45, 2.75) is 50.8 Å². The van der Waals surface area contributed by atoms with Crippen molar-refractivity contribution in [3.05, 3.63) is 0 Å². The minimum Gasteiger partial charge on any atom is -0.327 e. The first-order valence-electron chi connectivity index (χ1n) is 5.82. The SMILES string of the molecule is CC(C)S(=O)(=O)CCC(=O)CC(N)C1CC1. The summed E-state index contributed by atoms with van der Waals surface area (Å²) in [7, 11) is -3.10. The molecule has 1 aliphatic carbocycles. The first-order chi connectivity index (χ1) is 7.33. The van der Waals surface area contributed by atoms with Crippen molar-refractivity contribution in [1.29, 1.82) is 0 Å². The second kappa shape index (κ2) is 5.27. The van der Waals surface area contributed by atoms with E-state index in [2.05, 4.69) is 0 Å². The fourth-order valence-corrected chi connectivity index (χ4v) is 2.53. The Bertz CT molecular complexity index is 344. The smallest absolute Gasteiger partial charge is 0.153 e. The summed E-state index contributed by atoms with van der Waals surface area (Å²) in [5.74, 6) is 0.426. The van der Waals surface area contributed by atoms with Gasteiger partial charge in [0, 0.05) is 18.9 Å². The van der Waals surface area contributed by atoms with Crippen LogP contribution >= 0.6 is 0 Å². The Hall–Kier alpha value is -0.420. The lowest BCUT2D eigenvalue weighted by atomic mass is 10.1. The molecule has 1 unspecified atom stereocenters. The summed E-state index contributed by atoms with van der Waals surface area (Å²) >= 11 is 0. The molecular weight excluding hydrogens is 226 g/mol. The molecule has 0 aliphatic heterocycles. The van der Waals surface area contributed by atoms with Crippen LogP contribution in [0.4, 0.5) is 0 Å². The normalized spacial score (nSPS) is 18.8. The van der Waals surface area contributed by atoms with E-state index in [4.69, 9.17) is 5.73 Å². The van der Waals surface area contributed by atoms with Crippen LogP contribution in [0.1, 0.15) is 39.5 Å². The Labute approximate surface area is 97.5 Å². The molecule has 0 saturated heterocycles. The highest BCUT2D eigenvalue weighted by atomic mass is 32.2. The van der Waals surface area contributed by atoms with Gasteiger partial charge in [0.2, 0.25) is 0 Å². The zero-order valence-electron chi connectivity index (χ0n) is 9.98. The molecule has 94 valence electrons. The molecular formula is C11H21NO3S. The second-order valence-electron chi connectivity index (χ2n) is 4.91. The Morgan fingerprint density at radius 2 is 1.94 bits per heavy atom. The number of rotatable bonds is 7. The molecule has 1 saturated carbocycles. The largest absolute Gasteiger partial charge is 0.327 e. The van der Waals surface area contributed by atoms with Gasteiger partial charge < -0.3 is 5.73 Å². The van der Waals surface area contributed by atoms with E-state index in [0.29, 0.717) is 12.3 Å². The van der Waals surface area contributed by atoms with Crippen molar-refractivity contribution in [2.75, 3.05) is 5.75 Å². The molecule has 1 fully saturated rings. The Morgan fingerprint density at radius 1 is 1.38 bits per heavy atom. The predicted octanol–water partition coefficient (Wildman–Crippen LogP) is 0.896. The number of hydrogen-bond donors (Lipinski definition) is 1. The van der Waals surface area contributed by atoms with Gasteiger partial charge in [0.05, 0.1) is 11.0 Å². The summed E-state index contributed by atoms with van der Waals surface area (Å²) in [6.45, 7) is 3.27. The van der Waals surface area contributed by atoms with Gasteiger partial charge in [-0.3, -0.25) is 4.79 Å². The van der Waals surface area contributed by atoms with Crippen LogP contribution < -0.4 is 5.73 Å². The van der Waals surface area contributed by atoms with E-state index in [1.54, 1.807) is 13.8 Å². The third kappa shape index (κ3) is 4.22. The number of Topliss-reactive ketones (excluding diaryl/α,β-unsaturated/α-hetero) is 1. The number of carbonyl (C=O) groups is 1. The van der Waals surface area contributed by atoms with Crippen LogP contribution in [0.15, 0.2) is 0 Å². The van der Waals surface area contributed by atoms with Crippen LogP contribution in [0.25, 0.3) is 0 Å². The molecule has 0 aromatic heterocycles. The van der Waals surface area contributed by atoms with E-state index in [0.717, 1.165) is 12.8 Å². The van der Waals surface area contributed by atoms with Crippen molar-refractivity contribution in [2.24, 2.45) is 11.7 Å². The van der Waals surface area contributed by atoms with Gasteiger partial charge in [0.1, 0.15) is 5.78 Å². The molecule has 0 bridgehead atoms. The third-order valence-corrected chi connectivity index (χ3v) is 5.28. The lowest BCUT2D eigenvalue weighted by molar-refractivity contribution is -0.119. The molecule has 0 heterocycles. The summed E-state index contributed by atoms with van der Waals surface area (Å²) in [5, 5.41) is -0.405. The van der Waals surface area contributed by atoms with Crippen molar-refractivity contribution < 1.29 is 13.2 Å². The van der Waals surface area contributed by atoms with Crippen molar-refractivity contribution in [3.63, 3.8) is 0 Å². The van der Waals surface area contributed by atoms with Crippen LogP contribution in [0.5, 0.6) is 0 Å². The van der Waals surface area contributed by atoms with Crippen molar-refractivity contribution in [3.8, 4) is 0 Å². The molecule has 1 atom stereocenters. The van der Waals surface area contributed by atoms with Gasteiger partial charge in [-0.15, -0.1) is 0 Å². The number of hydrogen-bond acceptors (Lipinski definition) is 4. The third-order valence-electron chi connectivity index (χ3n) is 3.07. The molecule has 5 heteroatoms. The zero-order chi connectivity index (χ0) is 12.3. The minimum atomic E-state index is -3.10. The summed E-state index contributed by atoms with van der Waals surface area (Å²) < 4.78 is 23.0. The van der Waals surface area contributed by atoms with E-state index in [1.165, 1.54) is 0 Å². The number of nitrogens with two attached hydrogens (primary N) is 1. The maximum absolute atomic E-state index is 11.5. The average Bonchev–Trinajstić information content (AvgIpc) is 2.97. The maximum atomic E-state index is 11.5. The van der Waals surface area contributed by atoms with Crippen LogP contribution in [0.2, 0.25) is 0 Å². The minimum absolute atomic E-state index is 0.0244. The Morgan fingerprint density at radius 3 is 2.38 bits per heavy atom. The van der Waals surface area contributed by atoms with E-state index < -0.39 is 15.1 Å². The Balaban J connectivity index is 2.29. The number of sulfone groups is 1. The van der Waals surface area contributed by atoms with Gasteiger partial charge >= 0.3 is 0 Å². The van der Waals surface area contributed by atoms with Gasteiger partial charge in [-0.1, -0.05) is 0 Å². The molecule has 4 nitrogen and oxygen atoms in total. The summed E-state index contributed by atoms with van der Waals surface area (Å²) in [5.41, 5.74) is 5.81. The predicted molar refractivity (Wildman–Crippen MR) is 63.9 cm³/mol. The topological polar surface area (TPSA) is 77.2 Å². The molecule has 1 aliphatic rings. The number of carbonyl (C=O) groups excluding carboxylic acids is 1. The standard InChI is InChI=1S/C11H21NO3S/c1-8(2)16(14,15)6-5-10(13)7-11(12)9-3-4-9/h8-9,11H,3-7,12H2,1-2H3. The van der Waals surface area contributed by atoms with Crippen LogP contribution in [-0.4, -0.2) is 31.2 Å². The molecule has 0 radical (unpaired) electrons. The van der Waals surface area contributed by atoms with Gasteiger partial charge in [0.25, 0.3) is 0 Å². The van der Waals surface area contributed by atoms with E-state index >= 15 is 0 Å². The van der Waals surface area contributed by atoms with Crippen LogP contribution in [0, 0.1) is 5.92 Å². The van der Waals surface area contributed by atoms with Crippen LogP contribution in [0.3, 0.4) is 0 Å². The van der Waals surface area contributed by atoms with Crippen molar-refractivity contribution >= 4 is 15.6 Å². The molecule has 2 N–H and O–H groups in total. The molecule has 0 aromatic rings. The second-order valence-corrected chi connectivity index (χ2v) is 7.59. The van der Waals surface area contributed by atoms with E-state index in [9.17, 15) is 13.2 Å².